The largest absolute Gasteiger partial charge is 0.380 e. The van der Waals surface area contributed by atoms with E-state index in [2.05, 4.69) is 5.32 Å². The van der Waals surface area contributed by atoms with Gasteiger partial charge in [-0.1, -0.05) is 0 Å². The summed E-state index contributed by atoms with van der Waals surface area (Å²) in [5.41, 5.74) is 0.777. The molecule has 1 fully saturated rings. The highest BCUT2D eigenvalue weighted by molar-refractivity contribution is 14.1. The van der Waals surface area contributed by atoms with Crippen molar-refractivity contribution in [3.63, 3.8) is 0 Å². The smallest absolute Gasteiger partial charge is 0.270 e. The molecule has 1 aromatic carbocycles. The minimum absolute atomic E-state index is 0.0335. The van der Waals surface area contributed by atoms with Gasteiger partial charge in [-0.15, -0.1) is 0 Å². The molecule has 0 aromatic heterocycles. The molecule has 104 valence electrons. The second-order valence-corrected chi connectivity index (χ2v) is 7.91. The molecule has 6 nitrogen and oxygen atoms in total. The summed E-state index contributed by atoms with van der Waals surface area (Å²) in [6, 6.07) is 4.40. The Hall–Kier alpha value is -0.900. The van der Waals surface area contributed by atoms with Crippen LogP contribution in [0.3, 0.4) is 0 Å². The van der Waals surface area contributed by atoms with Crippen LogP contribution in [0.25, 0.3) is 0 Å². The normalized spacial score (nSPS) is 21.8. The van der Waals surface area contributed by atoms with Gasteiger partial charge >= 0.3 is 0 Å². The van der Waals surface area contributed by atoms with Gasteiger partial charge in [-0.2, -0.15) is 0 Å². The molecule has 1 atom stereocenters. The lowest BCUT2D eigenvalue weighted by atomic mass is 10.1. The number of anilines is 1. The quantitative estimate of drug-likeness (QED) is 0.481. The molecule has 1 aliphatic heterocycles. The lowest BCUT2D eigenvalue weighted by Crippen LogP contribution is -2.35. The van der Waals surface area contributed by atoms with E-state index in [0.29, 0.717) is 6.42 Å². The summed E-state index contributed by atoms with van der Waals surface area (Å²) in [7, 11) is -2.96. The van der Waals surface area contributed by atoms with Gasteiger partial charge in [-0.05, 0) is 41.5 Å². The number of nitrogens with zero attached hydrogens (tertiary/aromatic N) is 1. The molecule has 0 saturated carbocycles. The van der Waals surface area contributed by atoms with Gasteiger partial charge in [-0.3, -0.25) is 10.1 Å². The van der Waals surface area contributed by atoms with Gasteiger partial charge in [-0.25, -0.2) is 8.42 Å². The Balaban J connectivity index is 2.13. The van der Waals surface area contributed by atoms with Gasteiger partial charge in [0.15, 0.2) is 9.84 Å². The van der Waals surface area contributed by atoms with Gasteiger partial charge in [0.2, 0.25) is 0 Å². The van der Waals surface area contributed by atoms with E-state index in [9.17, 15) is 18.5 Å². The Kier molecular flexibility index (Phi) is 4.29. The van der Waals surface area contributed by atoms with Crippen molar-refractivity contribution in [3.8, 4) is 0 Å². The van der Waals surface area contributed by atoms with E-state index in [-0.39, 0.29) is 23.2 Å². The van der Waals surface area contributed by atoms with Crippen molar-refractivity contribution in [2.24, 2.45) is 0 Å². The second-order valence-electron chi connectivity index (χ2n) is 4.52. The Morgan fingerprint density at radius 2 is 2.16 bits per heavy atom. The molecule has 1 saturated heterocycles. The molecule has 1 aromatic rings. The summed E-state index contributed by atoms with van der Waals surface area (Å²) in [5.74, 6) is 0.378. The third-order valence-electron chi connectivity index (χ3n) is 2.99. The average Bonchev–Trinajstić information content (AvgIpc) is 2.30. The number of non-ortho nitro benzene ring substituents is 1. The number of nitrogens with one attached hydrogen (secondary N) is 1. The summed E-state index contributed by atoms with van der Waals surface area (Å²) in [4.78, 5) is 10.2. The van der Waals surface area contributed by atoms with Crippen LogP contribution in [0.4, 0.5) is 11.4 Å². The van der Waals surface area contributed by atoms with Crippen LogP contribution in [0.1, 0.15) is 12.8 Å². The first-order valence-electron chi connectivity index (χ1n) is 5.78. The van der Waals surface area contributed by atoms with Crippen LogP contribution in [0, 0.1) is 13.7 Å². The molecule has 2 rings (SSSR count). The Labute approximate surface area is 124 Å². The van der Waals surface area contributed by atoms with Gasteiger partial charge in [0.1, 0.15) is 0 Å². The van der Waals surface area contributed by atoms with Crippen molar-refractivity contribution in [1.82, 2.24) is 0 Å². The molecule has 0 aliphatic carbocycles. The highest BCUT2D eigenvalue weighted by Gasteiger charge is 2.25. The molecular formula is C11H13IN2O4S. The van der Waals surface area contributed by atoms with Gasteiger partial charge in [0, 0.05) is 27.4 Å². The first-order chi connectivity index (χ1) is 8.87. The van der Waals surface area contributed by atoms with Crippen LogP contribution < -0.4 is 5.32 Å². The molecule has 1 unspecified atom stereocenters. The molecule has 19 heavy (non-hydrogen) atoms. The van der Waals surface area contributed by atoms with Crippen LogP contribution in [-0.4, -0.2) is 30.9 Å². The number of nitro benzene ring substituents is 1. The Bertz CT molecular complexity index is 603. The first kappa shape index (κ1) is 14.5. The van der Waals surface area contributed by atoms with E-state index in [1.165, 1.54) is 12.1 Å². The van der Waals surface area contributed by atoms with Crippen molar-refractivity contribution in [3.05, 3.63) is 31.9 Å². The van der Waals surface area contributed by atoms with Gasteiger partial charge < -0.3 is 5.32 Å². The van der Waals surface area contributed by atoms with Crippen LogP contribution in [0.5, 0.6) is 0 Å². The third kappa shape index (κ3) is 3.78. The third-order valence-corrected chi connectivity index (χ3v) is 5.70. The van der Waals surface area contributed by atoms with Crippen molar-refractivity contribution < 1.29 is 13.3 Å². The number of hydrogen-bond donors (Lipinski definition) is 1. The first-order valence-corrected chi connectivity index (χ1v) is 8.68. The molecular weight excluding hydrogens is 383 g/mol. The van der Waals surface area contributed by atoms with Gasteiger partial charge in [0.05, 0.1) is 16.4 Å². The predicted octanol–water partition coefficient (Wildman–Crippen LogP) is 2.19. The fraction of sp³-hybridized carbons (Fsp3) is 0.455. The summed E-state index contributed by atoms with van der Waals surface area (Å²) in [6.45, 7) is 0. The monoisotopic (exact) mass is 396 g/mol. The zero-order chi connectivity index (χ0) is 14.0. The van der Waals surface area contributed by atoms with Crippen LogP contribution in [0.15, 0.2) is 18.2 Å². The SMILES string of the molecule is O=[N+]([O-])c1ccc(NC2CCCS(=O)(=O)C2)c(I)c1. The van der Waals surface area contributed by atoms with E-state index in [0.717, 1.165) is 15.7 Å². The summed E-state index contributed by atoms with van der Waals surface area (Å²) < 4.78 is 23.8. The van der Waals surface area contributed by atoms with Crippen LogP contribution >= 0.6 is 22.6 Å². The number of nitro groups is 1. The topological polar surface area (TPSA) is 89.3 Å². The lowest BCUT2D eigenvalue weighted by Gasteiger charge is -2.24. The highest BCUT2D eigenvalue weighted by Crippen LogP contribution is 2.26. The maximum atomic E-state index is 11.5. The van der Waals surface area contributed by atoms with E-state index < -0.39 is 14.8 Å². The zero-order valence-corrected chi connectivity index (χ0v) is 13.0. The minimum Gasteiger partial charge on any atom is -0.380 e. The number of halogens is 1. The number of sulfone groups is 1. The number of benzene rings is 1. The van der Waals surface area contributed by atoms with Crippen molar-refractivity contribution in [2.75, 3.05) is 16.8 Å². The Morgan fingerprint density at radius 3 is 2.74 bits per heavy atom. The maximum absolute atomic E-state index is 11.5. The molecule has 0 bridgehead atoms. The molecule has 1 heterocycles. The summed E-state index contributed by atoms with van der Waals surface area (Å²) in [6.07, 6.45) is 1.45. The van der Waals surface area contributed by atoms with E-state index >= 15 is 0 Å². The van der Waals surface area contributed by atoms with Crippen LogP contribution in [0.2, 0.25) is 0 Å². The van der Waals surface area contributed by atoms with Crippen molar-refractivity contribution >= 4 is 43.8 Å². The van der Waals surface area contributed by atoms with Crippen molar-refractivity contribution in [2.45, 2.75) is 18.9 Å². The highest BCUT2D eigenvalue weighted by atomic mass is 127. The lowest BCUT2D eigenvalue weighted by molar-refractivity contribution is -0.384. The minimum atomic E-state index is -2.96. The van der Waals surface area contributed by atoms with Crippen molar-refractivity contribution in [1.29, 1.82) is 0 Å². The zero-order valence-electron chi connectivity index (χ0n) is 10.0. The molecule has 0 amide bonds. The number of hydrogen-bond acceptors (Lipinski definition) is 5. The van der Waals surface area contributed by atoms with E-state index in [1.807, 2.05) is 22.6 Å². The average molecular weight is 396 g/mol. The molecule has 8 heteroatoms. The standard InChI is InChI=1S/C11H13IN2O4S/c12-10-6-9(14(15)16)3-4-11(10)13-8-2-1-5-19(17,18)7-8/h3-4,6,8,13H,1-2,5,7H2. The molecule has 0 spiro atoms. The van der Waals surface area contributed by atoms with E-state index in [1.54, 1.807) is 6.07 Å². The summed E-state index contributed by atoms with van der Waals surface area (Å²) in [5, 5.41) is 13.8. The van der Waals surface area contributed by atoms with Gasteiger partial charge in [0.25, 0.3) is 5.69 Å². The Morgan fingerprint density at radius 1 is 1.42 bits per heavy atom. The number of rotatable bonds is 3. The summed E-state index contributed by atoms with van der Waals surface area (Å²) >= 11 is 2.01. The maximum Gasteiger partial charge on any atom is 0.270 e. The van der Waals surface area contributed by atoms with Crippen LogP contribution in [-0.2, 0) is 9.84 Å². The molecule has 1 N–H and O–H groups in total. The molecule has 1 aliphatic rings. The second kappa shape index (κ2) is 5.61. The fourth-order valence-corrected chi connectivity index (χ4v) is 4.38. The predicted molar refractivity (Wildman–Crippen MR) is 81.1 cm³/mol. The van der Waals surface area contributed by atoms with E-state index in [4.69, 9.17) is 0 Å². The molecule has 0 radical (unpaired) electrons. The fourth-order valence-electron chi connectivity index (χ4n) is 2.09.